The van der Waals surface area contributed by atoms with Gasteiger partial charge in [0.1, 0.15) is 5.78 Å². The van der Waals surface area contributed by atoms with Crippen molar-refractivity contribution in [2.45, 2.75) is 19.3 Å². The number of nitrogens with one attached hydrogen (secondary N) is 1. The summed E-state index contributed by atoms with van der Waals surface area (Å²) in [7, 11) is 0. The molecule has 1 heterocycles. The average Bonchev–Trinajstić information content (AvgIpc) is 2.03. The standard InChI is InChI=1S/C9H15NO/c1-2-3-4-8-7-10-6-5-9(8)11/h2,8,10H,1,3-7H2. The van der Waals surface area contributed by atoms with E-state index in [0.717, 1.165) is 25.9 Å². The largest absolute Gasteiger partial charge is 0.316 e. The highest BCUT2D eigenvalue weighted by Crippen LogP contribution is 2.12. The molecule has 1 fully saturated rings. The van der Waals surface area contributed by atoms with E-state index in [2.05, 4.69) is 11.9 Å². The first-order valence-electron chi connectivity index (χ1n) is 4.19. The lowest BCUT2D eigenvalue weighted by atomic mass is 9.93. The van der Waals surface area contributed by atoms with Gasteiger partial charge in [-0.05, 0) is 12.8 Å². The average molecular weight is 153 g/mol. The van der Waals surface area contributed by atoms with E-state index in [1.54, 1.807) is 0 Å². The second-order valence-corrected chi connectivity index (χ2v) is 2.98. The molecule has 1 N–H and O–H groups in total. The molecule has 1 atom stereocenters. The van der Waals surface area contributed by atoms with Gasteiger partial charge in [-0.15, -0.1) is 6.58 Å². The number of hydrogen-bond acceptors (Lipinski definition) is 2. The van der Waals surface area contributed by atoms with Crippen LogP contribution in [0, 0.1) is 5.92 Å². The third kappa shape index (κ3) is 2.46. The SMILES string of the molecule is C=CCCC1CNCCC1=O. The molecular formula is C9H15NO. The van der Waals surface area contributed by atoms with E-state index in [4.69, 9.17) is 0 Å². The van der Waals surface area contributed by atoms with Crippen molar-refractivity contribution in [1.29, 1.82) is 0 Å². The van der Waals surface area contributed by atoms with Crippen LogP contribution in [0.2, 0.25) is 0 Å². The maximum atomic E-state index is 11.2. The fraction of sp³-hybridized carbons (Fsp3) is 0.667. The molecule has 0 aromatic rings. The highest BCUT2D eigenvalue weighted by atomic mass is 16.1. The van der Waals surface area contributed by atoms with E-state index in [1.807, 2.05) is 6.08 Å². The van der Waals surface area contributed by atoms with Crippen LogP contribution in [0.5, 0.6) is 0 Å². The quantitative estimate of drug-likeness (QED) is 0.616. The third-order valence-corrected chi connectivity index (χ3v) is 2.11. The Balaban J connectivity index is 2.29. The topological polar surface area (TPSA) is 29.1 Å². The van der Waals surface area contributed by atoms with E-state index in [0.29, 0.717) is 12.2 Å². The van der Waals surface area contributed by atoms with E-state index < -0.39 is 0 Å². The van der Waals surface area contributed by atoms with Gasteiger partial charge in [0.2, 0.25) is 0 Å². The van der Waals surface area contributed by atoms with Crippen molar-refractivity contribution >= 4 is 5.78 Å². The lowest BCUT2D eigenvalue weighted by Crippen LogP contribution is -2.36. The number of piperidine rings is 1. The highest BCUT2D eigenvalue weighted by Gasteiger charge is 2.20. The summed E-state index contributed by atoms with van der Waals surface area (Å²) in [6, 6.07) is 0. The van der Waals surface area contributed by atoms with Crippen molar-refractivity contribution in [2.75, 3.05) is 13.1 Å². The number of Topliss-reactive ketones (excluding diaryl/α,β-unsaturated/α-hetero) is 1. The Morgan fingerprint density at radius 3 is 3.18 bits per heavy atom. The van der Waals surface area contributed by atoms with E-state index >= 15 is 0 Å². The summed E-state index contributed by atoms with van der Waals surface area (Å²) in [5.41, 5.74) is 0. The minimum absolute atomic E-state index is 0.252. The second-order valence-electron chi connectivity index (χ2n) is 2.98. The molecule has 0 radical (unpaired) electrons. The van der Waals surface area contributed by atoms with Crippen LogP contribution < -0.4 is 5.32 Å². The fourth-order valence-corrected chi connectivity index (χ4v) is 1.39. The normalized spacial score (nSPS) is 25.1. The number of carbonyl (C=O) groups excluding carboxylic acids is 1. The van der Waals surface area contributed by atoms with E-state index in [-0.39, 0.29) is 5.92 Å². The molecule has 1 saturated heterocycles. The van der Waals surface area contributed by atoms with Crippen molar-refractivity contribution in [1.82, 2.24) is 5.32 Å². The number of ketones is 1. The van der Waals surface area contributed by atoms with E-state index in [1.165, 1.54) is 0 Å². The van der Waals surface area contributed by atoms with Crippen LogP contribution in [0.3, 0.4) is 0 Å². The number of allylic oxidation sites excluding steroid dienone is 1. The molecular weight excluding hydrogens is 138 g/mol. The van der Waals surface area contributed by atoms with Gasteiger partial charge >= 0.3 is 0 Å². The van der Waals surface area contributed by atoms with Gasteiger partial charge in [-0.2, -0.15) is 0 Å². The smallest absolute Gasteiger partial charge is 0.138 e. The molecule has 62 valence electrons. The Labute approximate surface area is 67.7 Å². The molecule has 0 saturated carbocycles. The van der Waals surface area contributed by atoms with Gasteiger partial charge in [0.05, 0.1) is 0 Å². The molecule has 1 unspecified atom stereocenters. The van der Waals surface area contributed by atoms with Gasteiger partial charge in [-0.25, -0.2) is 0 Å². The first-order valence-corrected chi connectivity index (χ1v) is 4.19. The zero-order chi connectivity index (χ0) is 8.10. The molecule has 0 aromatic carbocycles. The van der Waals surface area contributed by atoms with Crippen LogP contribution in [0.4, 0.5) is 0 Å². The lowest BCUT2D eigenvalue weighted by Gasteiger charge is -2.20. The first kappa shape index (κ1) is 8.47. The zero-order valence-electron chi connectivity index (χ0n) is 6.81. The summed E-state index contributed by atoms with van der Waals surface area (Å²) in [5, 5.41) is 3.22. The Kier molecular flexibility index (Phi) is 3.30. The predicted octanol–water partition coefficient (Wildman–Crippen LogP) is 1.13. The van der Waals surface area contributed by atoms with Gasteiger partial charge < -0.3 is 5.32 Å². The summed E-state index contributed by atoms with van der Waals surface area (Å²) in [6.45, 7) is 5.37. The van der Waals surface area contributed by atoms with Crippen molar-refractivity contribution in [3.05, 3.63) is 12.7 Å². The Morgan fingerprint density at radius 2 is 2.55 bits per heavy atom. The molecule has 1 aliphatic heterocycles. The van der Waals surface area contributed by atoms with Crippen molar-refractivity contribution in [3.63, 3.8) is 0 Å². The highest BCUT2D eigenvalue weighted by molar-refractivity contribution is 5.82. The molecule has 11 heavy (non-hydrogen) atoms. The maximum absolute atomic E-state index is 11.2. The number of hydrogen-bond donors (Lipinski definition) is 1. The summed E-state index contributed by atoms with van der Waals surface area (Å²) < 4.78 is 0. The molecule has 0 aromatic heterocycles. The van der Waals surface area contributed by atoms with Crippen LogP contribution in [-0.2, 0) is 4.79 Å². The van der Waals surface area contributed by atoms with Crippen LogP contribution in [0.25, 0.3) is 0 Å². The van der Waals surface area contributed by atoms with Crippen LogP contribution in [0.15, 0.2) is 12.7 Å². The van der Waals surface area contributed by atoms with Gasteiger partial charge in [-0.1, -0.05) is 6.08 Å². The predicted molar refractivity (Wildman–Crippen MR) is 45.4 cm³/mol. The summed E-state index contributed by atoms with van der Waals surface area (Å²) in [6.07, 6.45) is 4.51. The Bertz CT molecular complexity index is 154. The molecule has 0 bridgehead atoms. The minimum atomic E-state index is 0.252. The van der Waals surface area contributed by atoms with Gasteiger partial charge in [0.25, 0.3) is 0 Å². The summed E-state index contributed by atoms with van der Waals surface area (Å²) in [5.74, 6) is 0.673. The van der Waals surface area contributed by atoms with Crippen LogP contribution in [0.1, 0.15) is 19.3 Å². The Morgan fingerprint density at radius 1 is 1.73 bits per heavy atom. The maximum Gasteiger partial charge on any atom is 0.138 e. The second kappa shape index (κ2) is 4.29. The third-order valence-electron chi connectivity index (χ3n) is 2.11. The molecule has 0 amide bonds. The molecule has 0 aliphatic carbocycles. The number of carbonyl (C=O) groups is 1. The lowest BCUT2D eigenvalue weighted by molar-refractivity contribution is -0.124. The van der Waals surface area contributed by atoms with Crippen molar-refractivity contribution in [3.8, 4) is 0 Å². The van der Waals surface area contributed by atoms with Gasteiger partial charge in [0, 0.05) is 25.4 Å². The molecule has 1 aliphatic rings. The van der Waals surface area contributed by atoms with Crippen molar-refractivity contribution in [2.24, 2.45) is 5.92 Å². The zero-order valence-corrected chi connectivity index (χ0v) is 6.81. The molecule has 0 spiro atoms. The van der Waals surface area contributed by atoms with Gasteiger partial charge in [-0.3, -0.25) is 4.79 Å². The fourth-order valence-electron chi connectivity index (χ4n) is 1.39. The first-order chi connectivity index (χ1) is 5.34. The summed E-state index contributed by atoms with van der Waals surface area (Å²) >= 11 is 0. The summed E-state index contributed by atoms with van der Waals surface area (Å²) in [4.78, 5) is 11.2. The van der Waals surface area contributed by atoms with E-state index in [9.17, 15) is 4.79 Å². The Hall–Kier alpha value is -0.630. The monoisotopic (exact) mass is 153 g/mol. The minimum Gasteiger partial charge on any atom is -0.316 e. The van der Waals surface area contributed by atoms with Crippen LogP contribution >= 0.6 is 0 Å². The molecule has 2 nitrogen and oxygen atoms in total. The van der Waals surface area contributed by atoms with Gasteiger partial charge in [0.15, 0.2) is 0 Å². The molecule has 2 heteroatoms. The van der Waals surface area contributed by atoms with Crippen LogP contribution in [-0.4, -0.2) is 18.9 Å². The van der Waals surface area contributed by atoms with Crippen molar-refractivity contribution < 1.29 is 4.79 Å². The number of rotatable bonds is 3. The molecule has 1 rings (SSSR count).